The lowest BCUT2D eigenvalue weighted by Gasteiger charge is -2.05. The van der Waals surface area contributed by atoms with E-state index in [2.05, 4.69) is 24.0 Å². The minimum Gasteiger partial charge on any atom is -0.384 e. The Morgan fingerprint density at radius 2 is 2.07 bits per heavy atom. The maximum absolute atomic E-state index is 13.6. The molecular weight excluding hydrogens is 359 g/mol. The van der Waals surface area contributed by atoms with Gasteiger partial charge in [0.15, 0.2) is 0 Å². The summed E-state index contributed by atoms with van der Waals surface area (Å²) in [7, 11) is 0. The number of aryl methyl sites for hydroxylation is 1. The number of anilines is 1. The maximum atomic E-state index is 13.6. The number of halogens is 1. The number of rotatable bonds is 5. The molecule has 0 spiro atoms. The van der Waals surface area contributed by atoms with Crippen LogP contribution in [0.25, 0.3) is 16.8 Å². The first-order valence-electron chi connectivity index (χ1n) is 8.65. The van der Waals surface area contributed by atoms with Gasteiger partial charge < -0.3 is 5.73 Å². The van der Waals surface area contributed by atoms with Crippen molar-refractivity contribution < 1.29 is 4.39 Å². The van der Waals surface area contributed by atoms with Gasteiger partial charge in [0.05, 0.1) is 12.2 Å². The van der Waals surface area contributed by atoms with E-state index in [1.807, 2.05) is 26.8 Å². The van der Waals surface area contributed by atoms with Crippen LogP contribution in [-0.2, 0) is 6.54 Å². The van der Waals surface area contributed by atoms with Crippen molar-refractivity contribution in [2.75, 3.05) is 5.73 Å². The van der Waals surface area contributed by atoms with Crippen LogP contribution in [0.3, 0.4) is 0 Å². The van der Waals surface area contributed by atoms with E-state index in [1.165, 1.54) is 17.7 Å². The first kappa shape index (κ1) is 19.0. The molecule has 27 heavy (non-hydrogen) atoms. The van der Waals surface area contributed by atoms with Gasteiger partial charge in [-0.2, -0.15) is 5.10 Å². The number of benzene rings is 1. The van der Waals surface area contributed by atoms with Gasteiger partial charge in [0, 0.05) is 22.4 Å². The zero-order valence-electron chi connectivity index (χ0n) is 16.0. The van der Waals surface area contributed by atoms with Gasteiger partial charge in [-0.1, -0.05) is 18.7 Å². The molecule has 0 bridgehead atoms. The van der Waals surface area contributed by atoms with Crippen molar-refractivity contribution in [3.8, 4) is 11.3 Å². The Kier molecular flexibility index (Phi) is 5.28. The van der Waals surface area contributed by atoms with Gasteiger partial charge in [-0.25, -0.2) is 14.1 Å². The van der Waals surface area contributed by atoms with Crippen LogP contribution in [0.4, 0.5) is 15.2 Å². The first-order chi connectivity index (χ1) is 12.8. The number of nitrogens with two attached hydrogens (primary N) is 1. The molecule has 0 aliphatic heterocycles. The largest absolute Gasteiger partial charge is 0.384 e. The standard InChI is InChI=1S/C21H23FN4S/c1-12(2)18-13(3)11-27-21(18)24-14(4)10-26-20(23)15(5)19(25-26)16-7-6-8-17(22)9-16/h6-9,11H,1,10,23H2,2-5H3. The number of nitrogen functional groups attached to an aromatic ring is 1. The SMILES string of the molecule is C=C(C)c1c(C)csc1N=C(C)Cn1nc(-c2cccc(F)c2)c(C)c1N. The molecule has 0 saturated heterocycles. The van der Waals surface area contributed by atoms with Crippen LogP contribution < -0.4 is 5.73 Å². The van der Waals surface area contributed by atoms with Gasteiger partial charge in [0.25, 0.3) is 0 Å². The molecule has 0 radical (unpaired) electrons. The number of aromatic nitrogens is 2. The van der Waals surface area contributed by atoms with E-state index in [0.29, 0.717) is 23.6 Å². The number of aliphatic imine (C=N–C) groups is 1. The molecule has 0 aliphatic carbocycles. The molecule has 140 valence electrons. The van der Waals surface area contributed by atoms with E-state index in [4.69, 9.17) is 10.7 Å². The highest BCUT2D eigenvalue weighted by atomic mass is 32.1. The monoisotopic (exact) mass is 382 g/mol. The highest BCUT2D eigenvalue weighted by Gasteiger charge is 2.15. The second-order valence-electron chi connectivity index (χ2n) is 6.75. The van der Waals surface area contributed by atoms with Crippen LogP contribution in [0, 0.1) is 19.7 Å². The van der Waals surface area contributed by atoms with Crippen LogP contribution in [-0.4, -0.2) is 15.5 Å². The molecule has 6 heteroatoms. The Bertz CT molecular complexity index is 1040. The summed E-state index contributed by atoms with van der Waals surface area (Å²) in [6.07, 6.45) is 0. The van der Waals surface area contributed by atoms with Crippen molar-refractivity contribution in [3.63, 3.8) is 0 Å². The molecule has 0 saturated carbocycles. The fourth-order valence-electron chi connectivity index (χ4n) is 3.05. The van der Waals surface area contributed by atoms with E-state index >= 15 is 0 Å². The number of thiophene rings is 1. The van der Waals surface area contributed by atoms with Gasteiger partial charge in [-0.05, 0) is 56.3 Å². The van der Waals surface area contributed by atoms with Gasteiger partial charge >= 0.3 is 0 Å². The average molecular weight is 383 g/mol. The summed E-state index contributed by atoms with van der Waals surface area (Å²) in [5.41, 5.74) is 12.7. The van der Waals surface area contributed by atoms with Crippen molar-refractivity contribution in [2.24, 2.45) is 4.99 Å². The highest BCUT2D eigenvalue weighted by molar-refractivity contribution is 7.14. The molecule has 0 atom stereocenters. The molecule has 2 aromatic heterocycles. The summed E-state index contributed by atoms with van der Waals surface area (Å²) in [5, 5.41) is 7.63. The zero-order chi connectivity index (χ0) is 19.7. The van der Waals surface area contributed by atoms with E-state index in [-0.39, 0.29) is 5.82 Å². The second-order valence-corrected chi connectivity index (χ2v) is 7.61. The molecule has 2 N–H and O–H groups in total. The minimum atomic E-state index is -0.293. The number of nitrogens with zero attached hydrogens (tertiary/aromatic N) is 3. The van der Waals surface area contributed by atoms with E-state index in [1.54, 1.807) is 22.1 Å². The summed E-state index contributed by atoms with van der Waals surface area (Å²) in [6.45, 7) is 12.4. The van der Waals surface area contributed by atoms with Gasteiger partial charge in [0.1, 0.15) is 16.6 Å². The third kappa shape index (κ3) is 3.85. The van der Waals surface area contributed by atoms with Crippen molar-refractivity contribution in [2.45, 2.75) is 34.2 Å². The molecule has 4 nitrogen and oxygen atoms in total. The average Bonchev–Trinajstić information content (AvgIpc) is 3.09. The Labute approximate surface area is 162 Å². The Hall–Kier alpha value is -2.73. The predicted molar refractivity (Wildman–Crippen MR) is 113 cm³/mol. The molecule has 0 fully saturated rings. The summed E-state index contributed by atoms with van der Waals surface area (Å²) in [5.74, 6) is 0.268. The first-order valence-corrected chi connectivity index (χ1v) is 9.52. The maximum Gasteiger partial charge on any atom is 0.125 e. The molecule has 1 aromatic carbocycles. The lowest BCUT2D eigenvalue weighted by Crippen LogP contribution is -2.11. The normalized spacial score (nSPS) is 11.8. The lowest BCUT2D eigenvalue weighted by atomic mass is 10.1. The Balaban J connectivity index is 1.92. The third-order valence-corrected chi connectivity index (χ3v) is 5.38. The fraction of sp³-hybridized carbons (Fsp3) is 0.238. The molecule has 3 aromatic rings. The van der Waals surface area contributed by atoms with E-state index < -0.39 is 0 Å². The van der Waals surface area contributed by atoms with Crippen LogP contribution >= 0.6 is 11.3 Å². The van der Waals surface area contributed by atoms with Crippen LogP contribution in [0.1, 0.15) is 30.5 Å². The Morgan fingerprint density at radius 1 is 1.33 bits per heavy atom. The van der Waals surface area contributed by atoms with Crippen molar-refractivity contribution in [1.82, 2.24) is 9.78 Å². The number of hydrogen-bond donors (Lipinski definition) is 1. The van der Waals surface area contributed by atoms with Crippen LogP contribution in [0.5, 0.6) is 0 Å². The zero-order valence-corrected chi connectivity index (χ0v) is 16.8. The number of allylic oxidation sites excluding steroid dienone is 1. The second kappa shape index (κ2) is 7.48. The molecule has 3 rings (SSSR count). The van der Waals surface area contributed by atoms with Crippen molar-refractivity contribution >= 4 is 33.4 Å². The molecule has 0 aliphatic rings. The van der Waals surface area contributed by atoms with E-state index in [9.17, 15) is 4.39 Å². The molecule has 0 unspecified atom stereocenters. The topological polar surface area (TPSA) is 56.2 Å². The minimum absolute atomic E-state index is 0.293. The summed E-state index contributed by atoms with van der Waals surface area (Å²) in [6, 6.07) is 6.38. The van der Waals surface area contributed by atoms with Gasteiger partial charge in [0.2, 0.25) is 0 Å². The quantitative estimate of drug-likeness (QED) is 0.569. The van der Waals surface area contributed by atoms with E-state index in [0.717, 1.165) is 27.4 Å². The smallest absolute Gasteiger partial charge is 0.125 e. The molecule has 0 amide bonds. The summed E-state index contributed by atoms with van der Waals surface area (Å²) >= 11 is 1.60. The van der Waals surface area contributed by atoms with Crippen molar-refractivity contribution in [1.29, 1.82) is 0 Å². The fourth-order valence-corrected chi connectivity index (χ4v) is 4.12. The number of hydrogen-bond acceptors (Lipinski definition) is 4. The third-order valence-electron chi connectivity index (χ3n) is 4.39. The highest BCUT2D eigenvalue weighted by Crippen LogP contribution is 2.35. The predicted octanol–water partition coefficient (Wildman–Crippen LogP) is 5.78. The Morgan fingerprint density at radius 3 is 2.74 bits per heavy atom. The van der Waals surface area contributed by atoms with Crippen LogP contribution in [0.2, 0.25) is 0 Å². The van der Waals surface area contributed by atoms with Gasteiger partial charge in [-0.15, -0.1) is 11.3 Å². The lowest BCUT2D eigenvalue weighted by molar-refractivity contribution is 0.628. The molecular formula is C21H23FN4S. The summed E-state index contributed by atoms with van der Waals surface area (Å²) < 4.78 is 15.3. The molecule has 2 heterocycles. The van der Waals surface area contributed by atoms with Crippen LogP contribution in [0.15, 0.2) is 41.2 Å². The van der Waals surface area contributed by atoms with Gasteiger partial charge in [-0.3, -0.25) is 0 Å². The van der Waals surface area contributed by atoms with Crippen molar-refractivity contribution in [3.05, 3.63) is 58.7 Å². The summed E-state index contributed by atoms with van der Waals surface area (Å²) in [4.78, 5) is 4.76.